The third-order valence-electron chi connectivity index (χ3n) is 3.48. The average molecular weight is 243 g/mol. The highest BCUT2D eigenvalue weighted by Gasteiger charge is 2.42. The lowest BCUT2D eigenvalue weighted by atomic mass is 9.80. The van der Waals surface area contributed by atoms with Crippen molar-refractivity contribution in [2.45, 2.75) is 64.0 Å². The molecule has 0 saturated heterocycles. The maximum Gasteiger partial charge on any atom is 0.323 e. The first-order valence-electron chi connectivity index (χ1n) is 6.74. The summed E-state index contributed by atoms with van der Waals surface area (Å²) in [6, 6.07) is 0. The molecule has 0 heterocycles. The zero-order valence-corrected chi connectivity index (χ0v) is 11.0. The van der Waals surface area contributed by atoms with Gasteiger partial charge in [-0.25, -0.2) is 0 Å². The van der Waals surface area contributed by atoms with Crippen LogP contribution in [0.5, 0.6) is 0 Å². The van der Waals surface area contributed by atoms with Crippen LogP contribution in [0.1, 0.15) is 52.4 Å². The number of carbonyl (C=O) groups is 1. The first-order valence-corrected chi connectivity index (χ1v) is 6.74. The number of carboxylic acids is 1. The summed E-state index contributed by atoms with van der Waals surface area (Å²) in [5.41, 5.74) is -0.760. The van der Waals surface area contributed by atoms with Crippen LogP contribution in [0.3, 0.4) is 0 Å². The van der Waals surface area contributed by atoms with E-state index < -0.39 is 11.5 Å². The van der Waals surface area contributed by atoms with Gasteiger partial charge >= 0.3 is 5.97 Å². The van der Waals surface area contributed by atoms with Crippen molar-refractivity contribution in [1.82, 2.24) is 5.32 Å². The second kappa shape index (κ2) is 6.97. The summed E-state index contributed by atoms with van der Waals surface area (Å²) in [5.74, 6) is -0.733. The average Bonchev–Trinajstić information content (AvgIpc) is 2.30. The van der Waals surface area contributed by atoms with E-state index in [2.05, 4.69) is 12.2 Å². The Morgan fingerprint density at radius 2 is 2.29 bits per heavy atom. The Labute approximate surface area is 104 Å². The van der Waals surface area contributed by atoms with Crippen molar-refractivity contribution in [3.05, 3.63) is 0 Å². The molecular formula is C13H25NO3. The van der Waals surface area contributed by atoms with Crippen LogP contribution in [0.4, 0.5) is 0 Å². The van der Waals surface area contributed by atoms with E-state index in [4.69, 9.17) is 4.74 Å². The lowest BCUT2D eigenvalue weighted by Crippen LogP contribution is -2.56. The van der Waals surface area contributed by atoms with Crippen LogP contribution in [-0.2, 0) is 9.53 Å². The topological polar surface area (TPSA) is 58.6 Å². The maximum atomic E-state index is 11.4. The largest absolute Gasteiger partial charge is 0.480 e. The molecule has 4 nitrogen and oxygen atoms in total. The van der Waals surface area contributed by atoms with Crippen molar-refractivity contribution in [2.75, 3.05) is 13.2 Å². The Morgan fingerprint density at radius 3 is 2.88 bits per heavy atom. The van der Waals surface area contributed by atoms with Crippen molar-refractivity contribution in [3.8, 4) is 0 Å². The molecule has 1 rings (SSSR count). The van der Waals surface area contributed by atoms with Gasteiger partial charge in [0.1, 0.15) is 5.54 Å². The molecule has 0 aromatic carbocycles. The first kappa shape index (κ1) is 14.5. The SMILES string of the molecule is CCCCOC1CCCC(NCC)(C(=O)O)C1. The number of aliphatic carboxylic acids is 1. The molecule has 0 aliphatic heterocycles. The molecule has 1 saturated carbocycles. The number of hydrogen-bond acceptors (Lipinski definition) is 3. The number of nitrogens with one attached hydrogen (secondary N) is 1. The fourth-order valence-corrected chi connectivity index (χ4v) is 2.53. The van der Waals surface area contributed by atoms with E-state index in [-0.39, 0.29) is 6.10 Å². The third kappa shape index (κ3) is 3.96. The summed E-state index contributed by atoms with van der Waals surface area (Å²) in [7, 11) is 0. The molecule has 1 aliphatic carbocycles. The van der Waals surface area contributed by atoms with Crippen LogP contribution < -0.4 is 5.32 Å². The minimum absolute atomic E-state index is 0.102. The predicted octanol–water partition coefficient (Wildman–Crippen LogP) is 2.18. The number of ether oxygens (including phenoxy) is 1. The van der Waals surface area contributed by atoms with Gasteiger partial charge in [-0.3, -0.25) is 4.79 Å². The third-order valence-corrected chi connectivity index (χ3v) is 3.48. The van der Waals surface area contributed by atoms with E-state index in [1.54, 1.807) is 0 Å². The molecule has 0 bridgehead atoms. The van der Waals surface area contributed by atoms with Gasteiger partial charge in [0, 0.05) is 13.0 Å². The molecule has 1 fully saturated rings. The van der Waals surface area contributed by atoms with Crippen LogP contribution in [0.25, 0.3) is 0 Å². The van der Waals surface area contributed by atoms with Crippen LogP contribution >= 0.6 is 0 Å². The standard InChI is InChI=1S/C13H25NO3/c1-3-5-9-17-11-7-6-8-13(10-11,12(15)16)14-4-2/h11,14H,3-10H2,1-2H3,(H,15,16). The van der Waals surface area contributed by atoms with E-state index in [0.29, 0.717) is 19.4 Å². The molecule has 1 aliphatic rings. The van der Waals surface area contributed by atoms with Crippen molar-refractivity contribution in [2.24, 2.45) is 0 Å². The van der Waals surface area contributed by atoms with E-state index in [9.17, 15) is 9.90 Å². The van der Waals surface area contributed by atoms with Crippen LogP contribution in [-0.4, -0.2) is 35.9 Å². The molecule has 0 amide bonds. The Morgan fingerprint density at radius 1 is 1.53 bits per heavy atom. The highest BCUT2D eigenvalue weighted by Crippen LogP contribution is 2.30. The fraction of sp³-hybridized carbons (Fsp3) is 0.923. The molecule has 0 radical (unpaired) electrons. The molecule has 2 atom stereocenters. The zero-order chi connectivity index (χ0) is 12.7. The number of carboxylic acid groups (broad SMARTS) is 1. The van der Waals surface area contributed by atoms with Gasteiger partial charge in [-0.15, -0.1) is 0 Å². The number of unbranched alkanes of at least 4 members (excludes halogenated alkanes) is 1. The second-order valence-corrected chi connectivity index (χ2v) is 4.86. The minimum atomic E-state index is -0.760. The Balaban J connectivity index is 2.52. The van der Waals surface area contributed by atoms with Gasteiger partial charge in [-0.1, -0.05) is 20.3 Å². The normalized spacial score (nSPS) is 29.2. The smallest absolute Gasteiger partial charge is 0.323 e. The quantitative estimate of drug-likeness (QED) is 0.673. The molecule has 0 aromatic rings. The predicted molar refractivity (Wildman–Crippen MR) is 67.2 cm³/mol. The van der Waals surface area contributed by atoms with Gasteiger partial charge in [0.25, 0.3) is 0 Å². The fourth-order valence-electron chi connectivity index (χ4n) is 2.53. The summed E-state index contributed by atoms with van der Waals surface area (Å²) < 4.78 is 5.77. The second-order valence-electron chi connectivity index (χ2n) is 4.86. The minimum Gasteiger partial charge on any atom is -0.480 e. The first-order chi connectivity index (χ1) is 8.14. The van der Waals surface area contributed by atoms with Gasteiger partial charge in [0.15, 0.2) is 0 Å². The van der Waals surface area contributed by atoms with Gasteiger partial charge < -0.3 is 15.2 Å². The molecule has 17 heavy (non-hydrogen) atoms. The zero-order valence-electron chi connectivity index (χ0n) is 11.0. The van der Waals surface area contributed by atoms with Crippen LogP contribution in [0.15, 0.2) is 0 Å². The van der Waals surface area contributed by atoms with Crippen molar-refractivity contribution in [3.63, 3.8) is 0 Å². The summed E-state index contributed by atoms with van der Waals surface area (Å²) >= 11 is 0. The monoisotopic (exact) mass is 243 g/mol. The van der Waals surface area contributed by atoms with Crippen molar-refractivity contribution < 1.29 is 14.6 Å². The molecular weight excluding hydrogens is 218 g/mol. The molecule has 2 N–H and O–H groups in total. The summed E-state index contributed by atoms with van der Waals surface area (Å²) in [5, 5.41) is 12.5. The van der Waals surface area contributed by atoms with E-state index in [1.165, 1.54) is 0 Å². The van der Waals surface area contributed by atoms with Crippen LogP contribution in [0.2, 0.25) is 0 Å². The Kier molecular flexibility index (Phi) is 5.92. The van der Waals surface area contributed by atoms with E-state index in [1.807, 2.05) is 6.92 Å². The molecule has 0 spiro atoms. The molecule has 100 valence electrons. The molecule has 2 unspecified atom stereocenters. The highest BCUT2D eigenvalue weighted by molar-refractivity contribution is 5.79. The summed E-state index contributed by atoms with van der Waals surface area (Å²) in [6.07, 6.45) is 5.50. The molecule has 0 aromatic heterocycles. The van der Waals surface area contributed by atoms with E-state index >= 15 is 0 Å². The Hall–Kier alpha value is -0.610. The number of rotatable bonds is 7. The van der Waals surface area contributed by atoms with Gasteiger partial charge in [0.2, 0.25) is 0 Å². The lowest BCUT2D eigenvalue weighted by Gasteiger charge is -2.38. The van der Waals surface area contributed by atoms with Gasteiger partial charge in [-0.05, 0) is 32.2 Å². The number of hydrogen-bond donors (Lipinski definition) is 2. The van der Waals surface area contributed by atoms with Crippen molar-refractivity contribution in [1.29, 1.82) is 0 Å². The lowest BCUT2D eigenvalue weighted by molar-refractivity contribution is -0.149. The van der Waals surface area contributed by atoms with Gasteiger partial charge in [0.05, 0.1) is 6.10 Å². The summed E-state index contributed by atoms with van der Waals surface area (Å²) in [4.78, 5) is 11.4. The van der Waals surface area contributed by atoms with Crippen LogP contribution in [0, 0.1) is 0 Å². The molecule has 4 heteroatoms. The summed E-state index contributed by atoms with van der Waals surface area (Å²) in [6.45, 7) is 5.52. The number of likely N-dealkylation sites (N-methyl/N-ethyl adjacent to an activating group) is 1. The van der Waals surface area contributed by atoms with Gasteiger partial charge in [-0.2, -0.15) is 0 Å². The van der Waals surface area contributed by atoms with E-state index in [0.717, 1.165) is 32.3 Å². The van der Waals surface area contributed by atoms with Crippen molar-refractivity contribution >= 4 is 5.97 Å². The highest BCUT2D eigenvalue weighted by atomic mass is 16.5. The maximum absolute atomic E-state index is 11.4. The Bertz CT molecular complexity index is 241.